The van der Waals surface area contributed by atoms with E-state index in [-0.39, 0.29) is 12.2 Å². The maximum absolute atomic E-state index is 9.36. The summed E-state index contributed by atoms with van der Waals surface area (Å²) in [5.74, 6) is 0. The molecule has 12 heavy (non-hydrogen) atoms. The first-order valence-corrected chi connectivity index (χ1v) is 5.06. The Hall–Kier alpha value is -0.0800. The van der Waals surface area contributed by atoms with Gasteiger partial charge in [0.05, 0.1) is 12.2 Å². The van der Waals surface area contributed by atoms with Crippen molar-refractivity contribution in [1.82, 2.24) is 0 Å². The fourth-order valence-corrected chi connectivity index (χ4v) is 1.34. The van der Waals surface area contributed by atoms with Crippen LogP contribution < -0.4 is 0 Å². The third-order valence-electron chi connectivity index (χ3n) is 2.08. The molecule has 0 aromatic heterocycles. The van der Waals surface area contributed by atoms with E-state index in [1.165, 1.54) is 0 Å². The fourth-order valence-electron chi connectivity index (χ4n) is 1.34. The molecular weight excluding hydrogens is 152 g/mol. The first-order valence-electron chi connectivity index (χ1n) is 5.06. The summed E-state index contributed by atoms with van der Waals surface area (Å²) in [6.07, 6.45) is 4.83. The molecule has 0 unspecified atom stereocenters. The Morgan fingerprint density at radius 2 is 1.08 bits per heavy atom. The number of hydrogen-bond donors (Lipinski definition) is 2. The van der Waals surface area contributed by atoms with Crippen molar-refractivity contribution in [2.45, 2.75) is 64.6 Å². The molecule has 0 aliphatic rings. The smallest absolute Gasteiger partial charge is 0.0541 e. The normalized spacial score (nSPS) is 16.0. The maximum atomic E-state index is 9.36. The fraction of sp³-hybridized carbons (Fsp3) is 1.00. The Morgan fingerprint density at radius 1 is 0.750 bits per heavy atom. The molecule has 0 aliphatic heterocycles. The predicted octanol–water partition coefficient (Wildman–Crippen LogP) is 2.09. The summed E-state index contributed by atoms with van der Waals surface area (Å²) in [6, 6.07) is 0. The molecule has 2 atom stereocenters. The van der Waals surface area contributed by atoms with Crippen LogP contribution in [0, 0.1) is 0 Å². The summed E-state index contributed by atoms with van der Waals surface area (Å²) in [4.78, 5) is 0. The lowest BCUT2D eigenvalue weighted by Gasteiger charge is -2.12. The lowest BCUT2D eigenvalue weighted by Crippen LogP contribution is -2.12. The summed E-state index contributed by atoms with van der Waals surface area (Å²) in [5.41, 5.74) is 0. The van der Waals surface area contributed by atoms with Crippen LogP contribution in [-0.4, -0.2) is 22.4 Å². The van der Waals surface area contributed by atoms with Gasteiger partial charge in [0.1, 0.15) is 0 Å². The molecule has 0 radical (unpaired) electrons. The van der Waals surface area contributed by atoms with Crippen LogP contribution in [0.4, 0.5) is 0 Å². The van der Waals surface area contributed by atoms with Crippen LogP contribution >= 0.6 is 0 Å². The van der Waals surface area contributed by atoms with Crippen molar-refractivity contribution in [3.05, 3.63) is 0 Å². The van der Waals surface area contributed by atoms with Gasteiger partial charge in [0, 0.05) is 0 Å². The molecule has 0 aromatic rings. The highest BCUT2D eigenvalue weighted by Gasteiger charge is 2.07. The number of aliphatic hydroxyl groups excluding tert-OH is 2. The maximum Gasteiger partial charge on any atom is 0.0541 e. The van der Waals surface area contributed by atoms with Crippen LogP contribution in [0.3, 0.4) is 0 Å². The van der Waals surface area contributed by atoms with E-state index in [1.54, 1.807) is 0 Å². The van der Waals surface area contributed by atoms with Gasteiger partial charge < -0.3 is 10.2 Å². The lowest BCUT2D eigenvalue weighted by atomic mass is 10.0. The van der Waals surface area contributed by atoms with E-state index in [0.29, 0.717) is 0 Å². The quantitative estimate of drug-likeness (QED) is 0.620. The van der Waals surface area contributed by atoms with Gasteiger partial charge in [0.15, 0.2) is 0 Å². The van der Waals surface area contributed by atoms with E-state index in [9.17, 15) is 10.2 Å². The molecule has 0 saturated carbocycles. The SMILES string of the molecule is CCC[C@@H](O)CC[C@H](O)CCC. The molecule has 0 spiro atoms. The standard InChI is InChI=1S/C10H22O2/c1-3-5-9(11)7-8-10(12)6-4-2/h9-12H,3-8H2,1-2H3/t9-,10-/m1/s1. The van der Waals surface area contributed by atoms with Gasteiger partial charge in [0.25, 0.3) is 0 Å². The predicted molar refractivity (Wildman–Crippen MR) is 51.1 cm³/mol. The summed E-state index contributed by atoms with van der Waals surface area (Å²) >= 11 is 0. The summed E-state index contributed by atoms with van der Waals surface area (Å²) in [6.45, 7) is 4.12. The molecule has 0 aromatic carbocycles. The number of hydrogen-bond acceptors (Lipinski definition) is 2. The van der Waals surface area contributed by atoms with E-state index < -0.39 is 0 Å². The van der Waals surface area contributed by atoms with Crippen LogP contribution in [0.5, 0.6) is 0 Å². The molecule has 2 nitrogen and oxygen atoms in total. The largest absolute Gasteiger partial charge is 0.393 e. The summed E-state index contributed by atoms with van der Waals surface area (Å²) < 4.78 is 0. The number of rotatable bonds is 7. The molecule has 0 heterocycles. The van der Waals surface area contributed by atoms with E-state index in [2.05, 4.69) is 13.8 Å². The second-order valence-electron chi connectivity index (χ2n) is 3.46. The van der Waals surface area contributed by atoms with Crippen molar-refractivity contribution in [2.24, 2.45) is 0 Å². The Morgan fingerprint density at radius 3 is 1.33 bits per heavy atom. The minimum atomic E-state index is -0.207. The van der Waals surface area contributed by atoms with Crippen LogP contribution in [0.2, 0.25) is 0 Å². The van der Waals surface area contributed by atoms with E-state index >= 15 is 0 Å². The van der Waals surface area contributed by atoms with Gasteiger partial charge in [-0.1, -0.05) is 26.7 Å². The number of aliphatic hydroxyl groups is 2. The highest BCUT2D eigenvalue weighted by atomic mass is 16.3. The molecule has 2 N–H and O–H groups in total. The molecule has 0 rings (SSSR count). The van der Waals surface area contributed by atoms with Crippen molar-refractivity contribution in [3.8, 4) is 0 Å². The van der Waals surface area contributed by atoms with Crippen molar-refractivity contribution < 1.29 is 10.2 Å². The molecule has 0 aliphatic carbocycles. The molecular formula is C10H22O2. The topological polar surface area (TPSA) is 40.5 Å². The minimum Gasteiger partial charge on any atom is -0.393 e. The highest BCUT2D eigenvalue weighted by Crippen LogP contribution is 2.09. The van der Waals surface area contributed by atoms with Crippen LogP contribution in [0.25, 0.3) is 0 Å². The molecule has 0 fully saturated rings. The molecule has 0 saturated heterocycles. The molecule has 0 bridgehead atoms. The third-order valence-corrected chi connectivity index (χ3v) is 2.08. The van der Waals surface area contributed by atoms with E-state index in [0.717, 1.165) is 38.5 Å². The first kappa shape index (κ1) is 11.9. The van der Waals surface area contributed by atoms with Crippen molar-refractivity contribution >= 4 is 0 Å². The lowest BCUT2D eigenvalue weighted by molar-refractivity contribution is 0.103. The summed E-state index contributed by atoms with van der Waals surface area (Å²) in [5, 5.41) is 18.7. The van der Waals surface area contributed by atoms with Gasteiger partial charge in [-0.25, -0.2) is 0 Å². The van der Waals surface area contributed by atoms with E-state index in [4.69, 9.17) is 0 Å². The summed E-state index contributed by atoms with van der Waals surface area (Å²) in [7, 11) is 0. The van der Waals surface area contributed by atoms with Gasteiger partial charge in [-0.3, -0.25) is 0 Å². The zero-order valence-electron chi connectivity index (χ0n) is 8.29. The minimum absolute atomic E-state index is 0.207. The second kappa shape index (κ2) is 7.56. The average Bonchev–Trinajstić information content (AvgIpc) is 2.02. The monoisotopic (exact) mass is 174 g/mol. The van der Waals surface area contributed by atoms with Gasteiger partial charge in [0.2, 0.25) is 0 Å². The van der Waals surface area contributed by atoms with Gasteiger partial charge >= 0.3 is 0 Å². The Balaban J connectivity index is 3.27. The third kappa shape index (κ3) is 6.62. The van der Waals surface area contributed by atoms with Crippen LogP contribution in [0.1, 0.15) is 52.4 Å². The van der Waals surface area contributed by atoms with Gasteiger partial charge in [-0.05, 0) is 25.7 Å². The van der Waals surface area contributed by atoms with Gasteiger partial charge in [-0.2, -0.15) is 0 Å². The van der Waals surface area contributed by atoms with Crippen molar-refractivity contribution in [3.63, 3.8) is 0 Å². The molecule has 0 amide bonds. The Labute approximate surface area is 75.6 Å². The van der Waals surface area contributed by atoms with E-state index in [1.807, 2.05) is 0 Å². The Kier molecular flexibility index (Phi) is 7.51. The molecule has 2 heteroatoms. The first-order chi connectivity index (χ1) is 5.70. The van der Waals surface area contributed by atoms with Gasteiger partial charge in [-0.15, -0.1) is 0 Å². The van der Waals surface area contributed by atoms with Crippen molar-refractivity contribution in [2.75, 3.05) is 0 Å². The highest BCUT2D eigenvalue weighted by molar-refractivity contribution is 4.60. The Bertz CT molecular complexity index is 81.8. The van der Waals surface area contributed by atoms with Crippen molar-refractivity contribution in [1.29, 1.82) is 0 Å². The van der Waals surface area contributed by atoms with Crippen LogP contribution in [-0.2, 0) is 0 Å². The second-order valence-corrected chi connectivity index (χ2v) is 3.46. The van der Waals surface area contributed by atoms with Crippen LogP contribution in [0.15, 0.2) is 0 Å². The zero-order chi connectivity index (χ0) is 9.40. The zero-order valence-corrected chi connectivity index (χ0v) is 8.29. The average molecular weight is 174 g/mol. The molecule has 74 valence electrons.